The molecule has 0 saturated carbocycles. The van der Waals surface area contributed by atoms with Crippen LogP contribution in [0.15, 0.2) is 56.5 Å². The third-order valence-corrected chi connectivity index (χ3v) is 5.08. The molecule has 2 aromatic carbocycles. The quantitative estimate of drug-likeness (QED) is 0.710. The minimum Gasteiger partial charge on any atom is -0.506 e. The van der Waals surface area contributed by atoms with E-state index >= 15 is 0 Å². The molecule has 1 saturated heterocycles. The summed E-state index contributed by atoms with van der Waals surface area (Å²) < 4.78 is 1.56. The van der Waals surface area contributed by atoms with Gasteiger partial charge in [0.1, 0.15) is 5.75 Å². The molecule has 126 valence electrons. The highest BCUT2D eigenvalue weighted by atomic mass is 79.9. The van der Waals surface area contributed by atoms with E-state index in [9.17, 15) is 5.11 Å². The van der Waals surface area contributed by atoms with Crippen molar-refractivity contribution in [1.82, 2.24) is 9.91 Å². The van der Waals surface area contributed by atoms with Gasteiger partial charge in [-0.15, -0.1) is 0 Å². The van der Waals surface area contributed by atoms with Crippen molar-refractivity contribution in [1.29, 1.82) is 0 Å². The molecular weight excluding hydrogens is 434 g/mol. The van der Waals surface area contributed by atoms with Gasteiger partial charge < -0.3 is 5.11 Å². The highest BCUT2D eigenvalue weighted by molar-refractivity contribution is 9.11. The maximum atomic E-state index is 10.1. The Morgan fingerprint density at radius 1 is 1.04 bits per heavy atom. The van der Waals surface area contributed by atoms with Crippen LogP contribution in [0, 0.1) is 0 Å². The van der Waals surface area contributed by atoms with E-state index in [0.717, 1.165) is 37.2 Å². The molecule has 6 heteroatoms. The molecule has 2 aromatic rings. The maximum Gasteiger partial charge on any atom is 0.138 e. The zero-order valence-corrected chi connectivity index (χ0v) is 16.4. The minimum absolute atomic E-state index is 0.213. The summed E-state index contributed by atoms with van der Waals surface area (Å²) in [5, 5.41) is 16.6. The Morgan fingerprint density at radius 3 is 2.46 bits per heavy atom. The molecule has 0 unspecified atom stereocenters. The van der Waals surface area contributed by atoms with E-state index in [1.54, 1.807) is 6.21 Å². The molecular formula is C18H19Br2N3O. The Hall–Kier alpha value is -1.37. The van der Waals surface area contributed by atoms with Gasteiger partial charge >= 0.3 is 0 Å². The fourth-order valence-electron chi connectivity index (χ4n) is 2.68. The van der Waals surface area contributed by atoms with Gasteiger partial charge in [0, 0.05) is 42.8 Å². The Balaban J connectivity index is 1.56. The summed E-state index contributed by atoms with van der Waals surface area (Å²) in [5.41, 5.74) is 2.04. The average molecular weight is 453 g/mol. The molecule has 1 aliphatic heterocycles. The first-order chi connectivity index (χ1) is 11.6. The zero-order valence-electron chi connectivity index (χ0n) is 13.2. The molecule has 1 aliphatic rings. The third kappa shape index (κ3) is 4.59. The van der Waals surface area contributed by atoms with E-state index in [2.05, 4.69) is 71.1 Å². The average Bonchev–Trinajstić information content (AvgIpc) is 2.59. The smallest absolute Gasteiger partial charge is 0.138 e. The molecule has 24 heavy (non-hydrogen) atoms. The molecule has 0 amide bonds. The lowest BCUT2D eigenvalue weighted by Crippen LogP contribution is -2.43. The summed E-state index contributed by atoms with van der Waals surface area (Å²) in [7, 11) is 0. The van der Waals surface area contributed by atoms with Crippen LogP contribution in [-0.4, -0.2) is 47.4 Å². The van der Waals surface area contributed by atoms with Crippen molar-refractivity contribution >= 4 is 38.1 Å². The molecule has 4 nitrogen and oxygen atoms in total. The molecule has 0 aliphatic carbocycles. The van der Waals surface area contributed by atoms with Gasteiger partial charge in [-0.05, 0) is 33.6 Å². The van der Waals surface area contributed by atoms with Crippen LogP contribution in [0.3, 0.4) is 0 Å². The maximum absolute atomic E-state index is 10.1. The first-order valence-corrected chi connectivity index (χ1v) is 9.43. The number of piperazine rings is 1. The van der Waals surface area contributed by atoms with Crippen molar-refractivity contribution in [3.8, 4) is 5.75 Å². The lowest BCUT2D eigenvalue weighted by atomic mass is 10.2. The highest BCUT2D eigenvalue weighted by Crippen LogP contribution is 2.30. The SMILES string of the molecule is Oc1c(Br)cc(Br)cc1/C=N\N1CCN(Cc2ccccc2)CC1. The third-order valence-electron chi connectivity index (χ3n) is 4.02. The largest absolute Gasteiger partial charge is 0.506 e. The Bertz CT molecular complexity index is 714. The van der Waals surface area contributed by atoms with Crippen molar-refractivity contribution in [3.05, 3.63) is 62.5 Å². The minimum atomic E-state index is 0.213. The Morgan fingerprint density at radius 2 is 1.75 bits per heavy atom. The van der Waals surface area contributed by atoms with E-state index in [1.807, 2.05) is 18.2 Å². The monoisotopic (exact) mass is 451 g/mol. The van der Waals surface area contributed by atoms with Gasteiger partial charge in [0.05, 0.1) is 10.7 Å². The van der Waals surface area contributed by atoms with E-state index in [0.29, 0.717) is 10.0 Å². The van der Waals surface area contributed by atoms with Crippen LogP contribution in [0.25, 0.3) is 0 Å². The van der Waals surface area contributed by atoms with Crippen molar-refractivity contribution in [2.75, 3.05) is 26.2 Å². The zero-order chi connectivity index (χ0) is 16.9. The van der Waals surface area contributed by atoms with Crippen LogP contribution in [0.2, 0.25) is 0 Å². The van der Waals surface area contributed by atoms with Crippen LogP contribution >= 0.6 is 31.9 Å². The summed E-state index contributed by atoms with van der Waals surface area (Å²) in [6, 6.07) is 14.2. The van der Waals surface area contributed by atoms with Crippen LogP contribution in [0.1, 0.15) is 11.1 Å². The number of hydrogen-bond donors (Lipinski definition) is 1. The predicted octanol–water partition coefficient (Wildman–Crippen LogP) is 4.07. The van der Waals surface area contributed by atoms with Crippen molar-refractivity contribution in [2.24, 2.45) is 5.10 Å². The van der Waals surface area contributed by atoms with Crippen LogP contribution in [-0.2, 0) is 6.54 Å². The summed E-state index contributed by atoms with van der Waals surface area (Å²) in [4.78, 5) is 2.44. The molecule has 0 atom stereocenters. The summed E-state index contributed by atoms with van der Waals surface area (Å²) in [6.45, 7) is 4.73. The van der Waals surface area contributed by atoms with Gasteiger partial charge in [-0.2, -0.15) is 5.10 Å². The first-order valence-electron chi connectivity index (χ1n) is 7.85. The molecule has 0 aromatic heterocycles. The molecule has 3 rings (SSSR count). The lowest BCUT2D eigenvalue weighted by molar-refractivity contribution is 0.131. The Kier molecular flexibility index (Phi) is 5.92. The molecule has 0 spiro atoms. The standard InChI is InChI=1S/C18H19Br2N3O/c19-16-10-15(18(24)17(20)11-16)12-21-23-8-6-22(7-9-23)13-14-4-2-1-3-5-14/h1-5,10-12,24H,6-9,13H2/b21-12-. The number of hydrogen-bond acceptors (Lipinski definition) is 4. The summed E-state index contributed by atoms with van der Waals surface area (Å²) in [5.74, 6) is 0.213. The molecule has 1 fully saturated rings. The normalized spacial score (nSPS) is 16.0. The summed E-state index contributed by atoms with van der Waals surface area (Å²) in [6.07, 6.45) is 1.72. The number of phenols is 1. The van der Waals surface area contributed by atoms with E-state index in [4.69, 9.17) is 0 Å². The van der Waals surface area contributed by atoms with Crippen molar-refractivity contribution in [3.63, 3.8) is 0 Å². The number of halogens is 2. The highest BCUT2D eigenvalue weighted by Gasteiger charge is 2.15. The van der Waals surface area contributed by atoms with Gasteiger partial charge in [-0.3, -0.25) is 9.91 Å². The number of nitrogens with zero attached hydrogens (tertiary/aromatic N) is 3. The van der Waals surface area contributed by atoms with Gasteiger partial charge in [0.2, 0.25) is 0 Å². The molecule has 1 N–H and O–H groups in total. The lowest BCUT2D eigenvalue weighted by Gasteiger charge is -2.33. The number of phenolic OH excluding ortho intramolecular Hbond substituents is 1. The second kappa shape index (κ2) is 8.14. The fraction of sp³-hybridized carbons (Fsp3) is 0.278. The predicted molar refractivity (Wildman–Crippen MR) is 104 cm³/mol. The van der Waals surface area contributed by atoms with Gasteiger partial charge in [-0.25, -0.2) is 0 Å². The van der Waals surface area contributed by atoms with E-state index in [-0.39, 0.29) is 5.75 Å². The molecule has 0 radical (unpaired) electrons. The van der Waals surface area contributed by atoms with Gasteiger partial charge in [0.25, 0.3) is 0 Å². The Labute approximate surface area is 159 Å². The number of aromatic hydroxyl groups is 1. The van der Waals surface area contributed by atoms with E-state index < -0.39 is 0 Å². The van der Waals surface area contributed by atoms with Crippen molar-refractivity contribution < 1.29 is 5.11 Å². The molecule has 1 heterocycles. The van der Waals surface area contributed by atoms with E-state index in [1.165, 1.54) is 5.56 Å². The first kappa shape index (κ1) is 17.5. The van der Waals surface area contributed by atoms with Crippen molar-refractivity contribution in [2.45, 2.75) is 6.54 Å². The topological polar surface area (TPSA) is 39.1 Å². The van der Waals surface area contributed by atoms with Gasteiger partial charge in [0.15, 0.2) is 0 Å². The van der Waals surface area contributed by atoms with Crippen LogP contribution < -0.4 is 0 Å². The van der Waals surface area contributed by atoms with Crippen LogP contribution in [0.4, 0.5) is 0 Å². The second-order valence-electron chi connectivity index (χ2n) is 5.79. The number of rotatable bonds is 4. The summed E-state index contributed by atoms with van der Waals surface area (Å²) >= 11 is 6.77. The molecule has 0 bridgehead atoms. The fourth-order valence-corrected chi connectivity index (χ4v) is 3.94. The van der Waals surface area contributed by atoms with Gasteiger partial charge in [-0.1, -0.05) is 46.3 Å². The second-order valence-corrected chi connectivity index (χ2v) is 7.56. The number of benzene rings is 2. The van der Waals surface area contributed by atoms with Crippen LogP contribution in [0.5, 0.6) is 5.75 Å². The number of hydrazone groups is 1.